The number of hydrazone groups is 1. The third kappa shape index (κ3) is 4.27. The number of hydrogen-bond donors (Lipinski definition) is 1. The summed E-state index contributed by atoms with van der Waals surface area (Å²) in [5.41, 5.74) is 7.87. The lowest BCUT2D eigenvalue weighted by Crippen LogP contribution is -2.02. The summed E-state index contributed by atoms with van der Waals surface area (Å²) >= 11 is 7.39. The van der Waals surface area contributed by atoms with Crippen molar-refractivity contribution in [1.29, 1.82) is 5.26 Å². The minimum Gasteiger partial charge on any atom is -0.495 e. The first-order chi connectivity index (χ1) is 13.0. The molecule has 136 valence electrons. The highest BCUT2D eigenvalue weighted by Gasteiger charge is 2.12. The third-order valence-electron chi connectivity index (χ3n) is 4.07. The molecule has 0 unspecified atom stereocenters. The summed E-state index contributed by atoms with van der Waals surface area (Å²) in [6, 6.07) is 13.4. The van der Waals surface area contributed by atoms with E-state index in [2.05, 4.69) is 47.6 Å². The van der Waals surface area contributed by atoms with E-state index in [-0.39, 0.29) is 5.71 Å². The van der Waals surface area contributed by atoms with Crippen molar-refractivity contribution in [1.82, 2.24) is 4.98 Å². The summed E-state index contributed by atoms with van der Waals surface area (Å²) < 4.78 is 5.27. The Kier molecular flexibility index (Phi) is 5.75. The molecule has 0 fully saturated rings. The largest absolute Gasteiger partial charge is 0.495 e. The number of rotatable bonds is 5. The van der Waals surface area contributed by atoms with E-state index in [4.69, 9.17) is 16.3 Å². The highest BCUT2D eigenvalue weighted by Crippen LogP contribution is 2.28. The van der Waals surface area contributed by atoms with Crippen LogP contribution in [0.5, 0.6) is 5.75 Å². The SMILES string of the molecule is COc1ccc(Cl)cc1N/N=C(\C#N)c1nc(-c2ccc(C)c(C)c2)cs1. The van der Waals surface area contributed by atoms with Crippen molar-refractivity contribution in [3.8, 4) is 23.1 Å². The molecule has 3 aromatic rings. The van der Waals surface area contributed by atoms with Gasteiger partial charge in [0.25, 0.3) is 0 Å². The van der Waals surface area contributed by atoms with Crippen LogP contribution in [-0.2, 0) is 0 Å². The molecule has 0 bridgehead atoms. The maximum atomic E-state index is 9.49. The number of nitriles is 1. The van der Waals surface area contributed by atoms with Crippen molar-refractivity contribution in [2.75, 3.05) is 12.5 Å². The van der Waals surface area contributed by atoms with Gasteiger partial charge >= 0.3 is 0 Å². The van der Waals surface area contributed by atoms with Gasteiger partial charge in [-0.15, -0.1) is 11.3 Å². The number of nitrogens with one attached hydrogen (secondary N) is 1. The smallest absolute Gasteiger partial charge is 0.196 e. The fraction of sp³-hybridized carbons (Fsp3) is 0.150. The number of anilines is 1. The Bertz CT molecular complexity index is 1050. The standard InChI is InChI=1S/C20H17ClN4OS/c1-12-4-5-14(8-13(12)2)18-11-27-20(23-18)17(10-22)25-24-16-9-15(21)6-7-19(16)26-3/h4-9,11,24H,1-3H3/b25-17+. The topological polar surface area (TPSA) is 70.3 Å². The van der Waals surface area contributed by atoms with Gasteiger partial charge in [0.2, 0.25) is 0 Å². The van der Waals surface area contributed by atoms with Crippen LogP contribution in [0.4, 0.5) is 5.69 Å². The van der Waals surface area contributed by atoms with Crippen molar-refractivity contribution < 1.29 is 4.74 Å². The summed E-state index contributed by atoms with van der Waals surface area (Å²) in [6.07, 6.45) is 0. The van der Waals surface area contributed by atoms with Crippen molar-refractivity contribution >= 4 is 34.3 Å². The Balaban J connectivity index is 1.87. The highest BCUT2D eigenvalue weighted by molar-refractivity contribution is 7.12. The highest BCUT2D eigenvalue weighted by atomic mass is 35.5. The van der Waals surface area contributed by atoms with Crippen molar-refractivity contribution in [3.05, 3.63) is 62.9 Å². The van der Waals surface area contributed by atoms with Gasteiger partial charge in [-0.05, 0) is 49.2 Å². The molecular weight excluding hydrogens is 380 g/mol. The average Bonchev–Trinajstić information content (AvgIpc) is 3.14. The van der Waals surface area contributed by atoms with Gasteiger partial charge in [0.15, 0.2) is 10.7 Å². The lowest BCUT2D eigenvalue weighted by Gasteiger charge is -2.07. The van der Waals surface area contributed by atoms with Crippen LogP contribution < -0.4 is 10.2 Å². The monoisotopic (exact) mass is 396 g/mol. The first-order valence-electron chi connectivity index (χ1n) is 8.12. The zero-order valence-corrected chi connectivity index (χ0v) is 16.6. The number of aromatic nitrogens is 1. The van der Waals surface area contributed by atoms with Gasteiger partial charge in [0, 0.05) is 16.0 Å². The number of benzene rings is 2. The van der Waals surface area contributed by atoms with Gasteiger partial charge in [-0.1, -0.05) is 23.7 Å². The summed E-state index contributed by atoms with van der Waals surface area (Å²) in [7, 11) is 1.56. The van der Waals surface area contributed by atoms with E-state index in [0.29, 0.717) is 21.5 Å². The lowest BCUT2D eigenvalue weighted by molar-refractivity contribution is 0.416. The third-order valence-corrected chi connectivity index (χ3v) is 5.15. The van der Waals surface area contributed by atoms with Crippen LogP contribution in [0.15, 0.2) is 46.9 Å². The molecule has 3 rings (SSSR count). The van der Waals surface area contributed by atoms with Crippen LogP contribution in [0.1, 0.15) is 16.1 Å². The van der Waals surface area contributed by atoms with E-state index in [1.165, 1.54) is 22.5 Å². The normalized spacial score (nSPS) is 11.1. The minimum atomic E-state index is 0.192. The van der Waals surface area contributed by atoms with Gasteiger partial charge in [-0.3, -0.25) is 5.43 Å². The van der Waals surface area contributed by atoms with E-state index in [1.54, 1.807) is 25.3 Å². The maximum Gasteiger partial charge on any atom is 0.196 e. The lowest BCUT2D eigenvalue weighted by atomic mass is 10.1. The molecule has 0 amide bonds. The van der Waals surface area contributed by atoms with Gasteiger partial charge in [-0.2, -0.15) is 10.4 Å². The molecule has 1 heterocycles. The van der Waals surface area contributed by atoms with Crippen molar-refractivity contribution in [3.63, 3.8) is 0 Å². The Hall–Kier alpha value is -2.88. The molecule has 0 radical (unpaired) electrons. The van der Waals surface area contributed by atoms with Gasteiger partial charge in [-0.25, -0.2) is 4.98 Å². The number of thiazole rings is 1. The van der Waals surface area contributed by atoms with Crippen LogP contribution in [-0.4, -0.2) is 17.8 Å². The number of aryl methyl sites for hydroxylation is 2. The zero-order valence-electron chi connectivity index (χ0n) is 15.1. The van der Waals surface area contributed by atoms with Crippen LogP contribution in [0.2, 0.25) is 5.02 Å². The summed E-state index contributed by atoms with van der Waals surface area (Å²) in [5, 5.41) is 16.7. The van der Waals surface area contributed by atoms with E-state index < -0.39 is 0 Å². The number of halogens is 1. The molecule has 1 N–H and O–H groups in total. The van der Waals surface area contributed by atoms with Crippen LogP contribution in [0, 0.1) is 25.2 Å². The molecule has 0 spiro atoms. The fourth-order valence-corrected chi connectivity index (χ4v) is 3.36. The predicted molar refractivity (Wildman–Crippen MR) is 111 cm³/mol. The molecular formula is C20H17ClN4OS. The van der Waals surface area contributed by atoms with E-state index in [9.17, 15) is 5.26 Å². The molecule has 27 heavy (non-hydrogen) atoms. The predicted octanol–water partition coefficient (Wildman–Crippen LogP) is 5.43. The molecule has 7 heteroatoms. The first-order valence-corrected chi connectivity index (χ1v) is 9.38. The van der Waals surface area contributed by atoms with Gasteiger partial charge in [0.1, 0.15) is 11.8 Å². The Morgan fingerprint density at radius 1 is 1.22 bits per heavy atom. The summed E-state index contributed by atoms with van der Waals surface area (Å²) in [6.45, 7) is 4.14. The van der Waals surface area contributed by atoms with Crippen LogP contribution in [0.3, 0.4) is 0 Å². The molecule has 0 saturated heterocycles. The Labute approximate surface area is 166 Å². The molecule has 0 atom stereocenters. The molecule has 1 aromatic heterocycles. The van der Waals surface area contributed by atoms with Gasteiger partial charge < -0.3 is 4.74 Å². The number of methoxy groups -OCH3 is 1. The number of nitrogens with zero attached hydrogens (tertiary/aromatic N) is 3. The second kappa shape index (κ2) is 8.21. The number of hydrogen-bond acceptors (Lipinski definition) is 6. The van der Waals surface area contributed by atoms with Crippen LogP contribution >= 0.6 is 22.9 Å². The fourth-order valence-electron chi connectivity index (χ4n) is 2.42. The van der Waals surface area contributed by atoms with E-state index in [1.807, 2.05) is 11.4 Å². The molecule has 0 saturated carbocycles. The quantitative estimate of drug-likeness (QED) is 0.461. The molecule has 0 aliphatic rings. The molecule has 5 nitrogen and oxygen atoms in total. The van der Waals surface area contributed by atoms with Crippen molar-refractivity contribution in [2.45, 2.75) is 13.8 Å². The molecule has 0 aliphatic heterocycles. The Morgan fingerprint density at radius 3 is 2.74 bits per heavy atom. The summed E-state index contributed by atoms with van der Waals surface area (Å²) in [5.74, 6) is 0.579. The number of ether oxygens (including phenoxy) is 1. The summed E-state index contributed by atoms with van der Waals surface area (Å²) in [4.78, 5) is 4.56. The van der Waals surface area contributed by atoms with Crippen molar-refractivity contribution in [2.24, 2.45) is 5.10 Å². The molecule has 2 aromatic carbocycles. The molecule has 0 aliphatic carbocycles. The maximum absolute atomic E-state index is 9.49. The van der Waals surface area contributed by atoms with Gasteiger partial charge in [0.05, 0.1) is 18.5 Å². The Morgan fingerprint density at radius 2 is 2.04 bits per heavy atom. The second-order valence-corrected chi connectivity index (χ2v) is 7.16. The zero-order chi connectivity index (χ0) is 19.4. The second-order valence-electron chi connectivity index (χ2n) is 5.87. The average molecular weight is 397 g/mol. The first kappa shape index (κ1) is 18.9. The van der Waals surface area contributed by atoms with E-state index >= 15 is 0 Å². The minimum absolute atomic E-state index is 0.192. The van der Waals surface area contributed by atoms with Crippen LogP contribution in [0.25, 0.3) is 11.3 Å². The van der Waals surface area contributed by atoms with E-state index in [0.717, 1.165) is 11.3 Å².